The number of benzene rings is 1. The van der Waals surface area contributed by atoms with Crippen LogP contribution in [0.5, 0.6) is 5.75 Å². The molecule has 0 saturated carbocycles. The van der Waals surface area contributed by atoms with Gasteiger partial charge in [-0.1, -0.05) is 26.0 Å². The number of rotatable bonds is 6. The van der Waals surface area contributed by atoms with E-state index < -0.39 is 0 Å². The summed E-state index contributed by atoms with van der Waals surface area (Å²) in [7, 11) is 0. The molecule has 0 atom stereocenters. The zero-order chi connectivity index (χ0) is 13.6. The third kappa shape index (κ3) is 3.95. The van der Waals surface area contributed by atoms with Crippen LogP contribution in [-0.4, -0.2) is 18.1 Å². The molecule has 1 aromatic rings. The van der Waals surface area contributed by atoms with E-state index in [4.69, 9.17) is 10.5 Å². The van der Waals surface area contributed by atoms with Crippen molar-refractivity contribution >= 4 is 11.6 Å². The van der Waals surface area contributed by atoms with Crippen molar-refractivity contribution in [3.8, 4) is 5.75 Å². The Labute approximate surface area is 109 Å². The Morgan fingerprint density at radius 2 is 1.94 bits per heavy atom. The van der Waals surface area contributed by atoms with E-state index in [1.165, 1.54) is 0 Å². The zero-order valence-electron chi connectivity index (χ0n) is 11.3. The highest BCUT2D eigenvalue weighted by Gasteiger charge is 2.21. The van der Waals surface area contributed by atoms with Crippen LogP contribution in [0.3, 0.4) is 0 Å². The summed E-state index contributed by atoms with van der Waals surface area (Å²) in [5.41, 5.74) is 6.11. The molecule has 0 heterocycles. The lowest BCUT2D eigenvalue weighted by molar-refractivity contribution is -0.125. The number of hydrogen-bond acceptors (Lipinski definition) is 3. The SMILES string of the molecule is CCC(C)(CC)NC(=O)COc1ccccc1N. The molecule has 100 valence electrons. The highest BCUT2D eigenvalue weighted by molar-refractivity contribution is 5.78. The topological polar surface area (TPSA) is 64.3 Å². The van der Waals surface area contributed by atoms with E-state index in [9.17, 15) is 4.79 Å². The van der Waals surface area contributed by atoms with Crippen LogP contribution in [0.1, 0.15) is 33.6 Å². The summed E-state index contributed by atoms with van der Waals surface area (Å²) in [6, 6.07) is 7.15. The number of anilines is 1. The van der Waals surface area contributed by atoms with E-state index in [1.54, 1.807) is 12.1 Å². The van der Waals surface area contributed by atoms with Crippen LogP contribution >= 0.6 is 0 Å². The zero-order valence-corrected chi connectivity index (χ0v) is 11.3. The number of carbonyl (C=O) groups excluding carboxylic acids is 1. The molecular formula is C14H22N2O2. The molecule has 4 heteroatoms. The van der Waals surface area contributed by atoms with Gasteiger partial charge in [0.1, 0.15) is 5.75 Å². The molecule has 0 aromatic heterocycles. The summed E-state index contributed by atoms with van der Waals surface area (Å²) < 4.78 is 5.40. The Hall–Kier alpha value is -1.71. The molecule has 1 aromatic carbocycles. The molecule has 3 N–H and O–H groups in total. The quantitative estimate of drug-likeness (QED) is 0.762. The van der Waals surface area contributed by atoms with Gasteiger partial charge < -0.3 is 15.8 Å². The number of amides is 1. The average Bonchev–Trinajstić information content (AvgIpc) is 2.37. The summed E-state index contributed by atoms with van der Waals surface area (Å²) in [6.45, 7) is 6.13. The predicted octanol–water partition coefficient (Wildman–Crippen LogP) is 2.34. The van der Waals surface area contributed by atoms with Gasteiger partial charge in [-0.25, -0.2) is 0 Å². The van der Waals surface area contributed by atoms with Crippen LogP contribution in [0.15, 0.2) is 24.3 Å². The smallest absolute Gasteiger partial charge is 0.258 e. The maximum absolute atomic E-state index is 11.8. The Kier molecular flexibility index (Phi) is 5.01. The van der Waals surface area contributed by atoms with E-state index in [0.29, 0.717) is 11.4 Å². The van der Waals surface area contributed by atoms with Crippen LogP contribution in [0, 0.1) is 0 Å². The second-order valence-corrected chi connectivity index (χ2v) is 4.64. The number of ether oxygens (including phenoxy) is 1. The Balaban J connectivity index is 2.50. The normalized spacial score (nSPS) is 11.1. The summed E-state index contributed by atoms with van der Waals surface area (Å²) in [6.07, 6.45) is 1.78. The number of nitrogens with one attached hydrogen (secondary N) is 1. The summed E-state index contributed by atoms with van der Waals surface area (Å²) in [5, 5.41) is 2.98. The Morgan fingerprint density at radius 3 is 2.50 bits per heavy atom. The van der Waals surface area contributed by atoms with Gasteiger partial charge in [0.05, 0.1) is 5.69 Å². The van der Waals surface area contributed by atoms with Gasteiger partial charge in [-0.3, -0.25) is 4.79 Å². The van der Waals surface area contributed by atoms with Crippen LogP contribution < -0.4 is 15.8 Å². The van der Waals surface area contributed by atoms with E-state index in [-0.39, 0.29) is 18.1 Å². The van der Waals surface area contributed by atoms with Crippen molar-refractivity contribution in [1.29, 1.82) is 0 Å². The monoisotopic (exact) mass is 250 g/mol. The number of carbonyl (C=O) groups is 1. The minimum absolute atomic E-state index is 0.0101. The van der Waals surface area contributed by atoms with Gasteiger partial charge in [-0.15, -0.1) is 0 Å². The lowest BCUT2D eigenvalue weighted by atomic mass is 9.96. The molecule has 0 bridgehead atoms. The second kappa shape index (κ2) is 6.28. The first-order valence-corrected chi connectivity index (χ1v) is 6.29. The van der Waals surface area contributed by atoms with E-state index in [1.807, 2.05) is 19.1 Å². The van der Waals surface area contributed by atoms with Crippen molar-refractivity contribution in [3.63, 3.8) is 0 Å². The maximum atomic E-state index is 11.8. The molecule has 1 amide bonds. The van der Waals surface area contributed by atoms with Crippen molar-refractivity contribution in [3.05, 3.63) is 24.3 Å². The first-order valence-electron chi connectivity index (χ1n) is 6.29. The van der Waals surface area contributed by atoms with E-state index >= 15 is 0 Å². The number of nitrogens with two attached hydrogens (primary N) is 1. The van der Waals surface area contributed by atoms with Gasteiger partial charge in [0.25, 0.3) is 5.91 Å². The van der Waals surface area contributed by atoms with Gasteiger partial charge in [0, 0.05) is 5.54 Å². The van der Waals surface area contributed by atoms with Crippen LogP contribution in [0.4, 0.5) is 5.69 Å². The molecule has 0 aliphatic carbocycles. The predicted molar refractivity (Wildman–Crippen MR) is 73.5 cm³/mol. The molecule has 0 spiro atoms. The van der Waals surface area contributed by atoms with Crippen LogP contribution in [-0.2, 0) is 4.79 Å². The lowest BCUT2D eigenvalue weighted by Crippen LogP contribution is -2.46. The summed E-state index contributed by atoms with van der Waals surface area (Å²) in [5.74, 6) is 0.423. The van der Waals surface area contributed by atoms with Gasteiger partial charge >= 0.3 is 0 Å². The van der Waals surface area contributed by atoms with Gasteiger partial charge in [-0.05, 0) is 31.9 Å². The van der Waals surface area contributed by atoms with Gasteiger partial charge in [0.15, 0.2) is 6.61 Å². The highest BCUT2D eigenvalue weighted by atomic mass is 16.5. The van der Waals surface area contributed by atoms with Gasteiger partial charge in [0.2, 0.25) is 0 Å². The molecule has 0 radical (unpaired) electrons. The third-order valence-electron chi connectivity index (χ3n) is 3.28. The fraction of sp³-hybridized carbons (Fsp3) is 0.500. The van der Waals surface area contributed by atoms with Crippen molar-refractivity contribution in [1.82, 2.24) is 5.32 Å². The largest absolute Gasteiger partial charge is 0.482 e. The fourth-order valence-corrected chi connectivity index (χ4v) is 1.55. The Bertz CT molecular complexity index is 401. The minimum atomic E-state index is -0.164. The summed E-state index contributed by atoms with van der Waals surface area (Å²) in [4.78, 5) is 11.8. The lowest BCUT2D eigenvalue weighted by Gasteiger charge is -2.28. The maximum Gasteiger partial charge on any atom is 0.258 e. The highest BCUT2D eigenvalue weighted by Crippen LogP contribution is 2.19. The standard InChI is InChI=1S/C14H22N2O2/c1-4-14(3,5-2)16-13(17)10-18-12-9-7-6-8-11(12)15/h6-9H,4-5,10,15H2,1-3H3,(H,16,17). The van der Waals surface area contributed by atoms with E-state index in [2.05, 4.69) is 19.2 Å². The molecule has 1 rings (SSSR count). The minimum Gasteiger partial charge on any atom is -0.482 e. The third-order valence-corrected chi connectivity index (χ3v) is 3.28. The second-order valence-electron chi connectivity index (χ2n) is 4.64. The molecule has 0 aliphatic rings. The van der Waals surface area contributed by atoms with E-state index in [0.717, 1.165) is 12.8 Å². The van der Waals surface area contributed by atoms with Gasteiger partial charge in [-0.2, -0.15) is 0 Å². The number of hydrogen-bond donors (Lipinski definition) is 2. The Morgan fingerprint density at radius 1 is 1.33 bits per heavy atom. The first kappa shape index (κ1) is 14.4. The van der Waals surface area contributed by atoms with Crippen LogP contribution in [0.25, 0.3) is 0 Å². The molecule has 0 saturated heterocycles. The number of nitrogen functional groups attached to an aromatic ring is 1. The van der Waals surface area contributed by atoms with Crippen LogP contribution in [0.2, 0.25) is 0 Å². The fourth-order valence-electron chi connectivity index (χ4n) is 1.55. The van der Waals surface area contributed by atoms with Crippen molar-refractivity contribution in [2.24, 2.45) is 0 Å². The number of para-hydroxylation sites is 2. The molecule has 4 nitrogen and oxygen atoms in total. The summed E-state index contributed by atoms with van der Waals surface area (Å²) >= 11 is 0. The first-order chi connectivity index (χ1) is 8.50. The van der Waals surface area contributed by atoms with Crippen molar-refractivity contribution < 1.29 is 9.53 Å². The van der Waals surface area contributed by atoms with Crippen molar-refractivity contribution in [2.75, 3.05) is 12.3 Å². The molecule has 0 unspecified atom stereocenters. The van der Waals surface area contributed by atoms with Crippen molar-refractivity contribution in [2.45, 2.75) is 39.2 Å². The average molecular weight is 250 g/mol. The molecule has 18 heavy (non-hydrogen) atoms. The molecule has 0 fully saturated rings. The molecule has 0 aliphatic heterocycles. The molecular weight excluding hydrogens is 228 g/mol.